The second kappa shape index (κ2) is 7.20. The fraction of sp³-hybridized carbons (Fsp3) is 0.793. The third-order valence-corrected chi connectivity index (χ3v) is 16.1. The first-order valence-electron chi connectivity index (χ1n) is 12.5. The number of terminal acetylenes is 1. The van der Waals surface area contributed by atoms with Crippen molar-refractivity contribution >= 4 is 10.0 Å². The maximum absolute atomic E-state index is 5.88. The first-order chi connectivity index (χ1) is 13.9. The molecule has 0 N–H and O–H groups in total. The average molecular weight is 427 g/mol. The Morgan fingerprint density at radius 2 is 1.73 bits per heavy atom. The molecule has 168 valence electrons. The van der Waals surface area contributed by atoms with Gasteiger partial charge in [-0.15, -0.1) is 12.3 Å². The second-order valence-electron chi connectivity index (χ2n) is 12.9. The van der Waals surface area contributed by atoms with Gasteiger partial charge in [-0.25, -0.2) is 10.0 Å². The molecule has 30 heavy (non-hydrogen) atoms. The van der Waals surface area contributed by atoms with E-state index >= 15 is 0 Å². The fourth-order valence-corrected chi connectivity index (χ4v) is 10.3. The van der Waals surface area contributed by atoms with E-state index in [0.717, 1.165) is 17.1 Å². The Balaban J connectivity index is 1.64. The third kappa shape index (κ3) is 3.10. The monoisotopic (exact) mass is 426 g/mol. The standard InChI is InChI=1S/C29H46S/c1-10-20(2)24-13-14-25-23-12-11-21-19-22(30(8,9)27(3,4)5)15-17-28(21,6)26(23)16-18-29(24,25)7/h1,11-12,20,22,24-26H,13-19H2,2-9H3. The van der Waals surface area contributed by atoms with E-state index in [4.69, 9.17) is 6.42 Å². The molecule has 4 aliphatic rings. The summed E-state index contributed by atoms with van der Waals surface area (Å²) >= 11 is 0. The summed E-state index contributed by atoms with van der Waals surface area (Å²) in [6, 6.07) is 0. The zero-order chi connectivity index (χ0) is 22.1. The van der Waals surface area contributed by atoms with Crippen LogP contribution >= 0.6 is 10.0 Å². The van der Waals surface area contributed by atoms with Crippen molar-refractivity contribution in [3.8, 4) is 12.3 Å². The molecule has 3 fully saturated rings. The van der Waals surface area contributed by atoms with Crippen LogP contribution in [0.2, 0.25) is 0 Å². The first kappa shape index (κ1) is 22.6. The lowest BCUT2D eigenvalue weighted by molar-refractivity contribution is 0.0592. The van der Waals surface area contributed by atoms with E-state index in [0.29, 0.717) is 27.4 Å². The Morgan fingerprint density at radius 3 is 2.37 bits per heavy atom. The molecule has 0 radical (unpaired) electrons. The summed E-state index contributed by atoms with van der Waals surface area (Å²) < 4.78 is 0.431. The minimum Gasteiger partial charge on any atom is -0.239 e. The molecule has 1 heteroatoms. The summed E-state index contributed by atoms with van der Waals surface area (Å²) in [6.45, 7) is 14.9. The van der Waals surface area contributed by atoms with E-state index in [-0.39, 0.29) is 0 Å². The maximum atomic E-state index is 5.88. The second-order valence-corrected chi connectivity index (χ2v) is 17.7. The van der Waals surface area contributed by atoms with Crippen molar-refractivity contribution < 1.29 is 0 Å². The summed E-state index contributed by atoms with van der Waals surface area (Å²) in [6.07, 6.45) is 25.9. The lowest BCUT2D eigenvalue weighted by Crippen LogP contribution is -2.47. The van der Waals surface area contributed by atoms with Gasteiger partial charge in [0.15, 0.2) is 0 Å². The van der Waals surface area contributed by atoms with E-state index in [9.17, 15) is 0 Å². The molecular formula is C29H46S. The van der Waals surface area contributed by atoms with Crippen molar-refractivity contribution in [2.75, 3.05) is 12.5 Å². The average Bonchev–Trinajstić information content (AvgIpc) is 3.03. The first-order valence-corrected chi connectivity index (χ1v) is 15.0. The Morgan fingerprint density at radius 1 is 1.03 bits per heavy atom. The van der Waals surface area contributed by atoms with Crippen LogP contribution in [0.3, 0.4) is 0 Å². The Kier molecular flexibility index (Phi) is 5.42. The Labute approximate surface area is 189 Å². The van der Waals surface area contributed by atoms with Crippen molar-refractivity contribution in [1.29, 1.82) is 0 Å². The van der Waals surface area contributed by atoms with Crippen LogP contribution in [0.25, 0.3) is 0 Å². The van der Waals surface area contributed by atoms with Gasteiger partial charge in [-0.3, -0.25) is 0 Å². The van der Waals surface area contributed by atoms with Crippen molar-refractivity contribution in [3.63, 3.8) is 0 Å². The van der Waals surface area contributed by atoms with Crippen LogP contribution in [-0.4, -0.2) is 22.5 Å². The summed E-state index contributed by atoms with van der Waals surface area (Å²) in [4.78, 5) is 0. The van der Waals surface area contributed by atoms with Crippen molar-refractivity contribution in [2.24, 2.45) is 34.5 Å². The van der Waals surface area contributed by atoms with E-state index in [2.05, 4.69) is 72.1 Å². The molecule has 0 amide bonds. The van der Waals surface area contributed by atoms with Crippen LogP contribution in [0.1, 0.15) is 86.5 Å². The topological polar surface area (TPSA) is 0 Å². The van der Waals surface area contributed by atoms with Crippen molar-refractivity contribution in [1.82, 2.24) is 0 Å². The van der Waals surface area contributed by atoms with Gasteiger partial charge in [-0.1, -0.05) is 64.8 Å². The molecule has 0 spiro atoms. The molecule has 0 heterocycles. The molecule has 0 saturated heterocycles. The molecule has 7 atom stereocenters. The minimum atomic E-state index is -0.630. The Bertz CT molecular complexity index is 799. The predicted molar refractivity (Wildman–Crippen MR) is 136 cm³/mol. The summed E-state index contributed by atoms with van der Waals surface area (Å²) in [7, 11) is -0.630. The van der Waals surface area contributed by atoms with Gasteiger partial charge in [-0.2, -0.15) is 0 Å². The number of rotatable bonds is 2. The van der Waals surface area contributed by atoms with Gasteiger partial charge in [0.05, 0.1) is 0 Å². The molecule has 0 aromatic carbocycles. The molecule has 7 unspecified atom stereocenters. The normalized spacial score (nSPS) is 42.8. The zero-order valence-corrected chi connectivity index (χ0v) is 21.8. The molecule has 0 bridgehead atoms. The molecule has 0 aromatic heterocycles. The van der Waals surface area contributed by atoms with Crippen LogP contribution in [0.5, 0.6) is 0 Å². The largest absolute Gasteiger partial charge is 0.239 e. The molecule has 0 aromatic rings. The van der Waals surface area contributed by atoms with Gasteiger partial charge in [0, 0.05) is 5.92 Å². The lowest BCUT2D eigenvalue weighted by atomic mass is 9.50. The summed E-state index contributed by atoms with van der Waals surface area (Å²) in [5.41, 5.74) is 4.42. The molecule has 0 aliphatic heterocycles. The molecule has 0 nitrogen and oxygen atoms in total. The minimum absolute atomic E-state index is 0.408. The van der Waals surface area contributed by atoms with Gasteiger partial charge < -0.3 is 0 Å². The quantitative estimate of drug-likeness (QED) is 0.392. The van der Waals surface area contributed by atoms with Gasteiger partial charge in [-0.05, 0) is 96.0 Å². The van der Waals surface area contributed by atoms with Gasteiger partial charge in [0.2, 0.25) is 0 Å². The highest BCUT2D eigenvalue weighted by molar-refractivity contribution is 8.34. The number of fused-ring (bicyclic) bond motifs is 5. The molecular weight excluding hydrogens is 380 g/mol. The van der Waals surface area contributed by atoms with E-state index < -0.39 is 10.0 Å². The highest BCUT2D eigenvalue weighted by Crippen LogP contribution is 2.68. The summed E-state index contributed by atoms with van der Waals surface area (Å²) in [5.74, 6) is 5.76. The maximum Gasteiger partial charge on any atom is 0.0205 e. The van der Waals surface area contributed by atoms with Crippen molar-refractivity contribution in [3.05, 3.63) is 23.3 Å². The third-order valence-electron chi connectivity index (χ3n) is 10.9. The highest BCUT2D eigenvalue weighted by atomic mass is 32.3. The SMILES string of the molecule is C#CC(C)C1CCC2C3=CC=C4CC(S(C)(C)C(C)(C)C)CCC4(C)C3CCC21C. The van der Waals surface area contributed by atoms with Gasteiger partial charge >= 0.3 is 0 Å². The number of hydrogen-bond donors (Lipinski definition) is 0. The fourth-order valence-electron chi connectivity index (χ4n) is 7.95. The molecule has 4 rings (SSSR count). The number of hydrogen-bond acceptors (Lipinski definition) is 0. The van der Waals surface area contributed by atoms with Gasteiger partial charge in [0.25, 0.3) is 0 Å². The smallest absolute Gasteiger partial charge is 0.0205 e. The van der Waals surface area contributed by atoms with Crippen LogP contribution in [-0.2, 0) is 0 Å². The van der Waals surface area contributed by atoms with E-state index in [1.54, 1.807) is 5.57 Å². The van der Waals surface area contributed by atoms with Crippen LogP contribution in [0.4, 0.5) is 0 Å². The lowest BCUT2D eigenvalue weighted by Gasteiger charge is -2.59. The summed E-state index contributed by atoms with van der Waals surface area (Å²) in [5, 5.41) is 0.882. The van der Waals surface area contributed by atoms with E-state index in [1.165, 1.54) is 44.9 Å². The predicted octanol–water partition coefficient (Wildman–Crippen LogP) is 7.99. The highest BCUT2D eigenvalue weighted by Gasteiger charge is 2.57. The van der Waals surface area contributed by atoms with Crippen LogP contribution < -0.4 is 0 Å². The zero-order valence-electron chi connectivity index (χ0n) is 21.0. The van der Waals surface area contributed by atoms with Gasteiger partial charge in [0.1, 0.15) is 0 Å². The Hall–Kier alpha value is -0.610. The molecule has 4 aliphatic carbocycles. The van der Waals surface area contributed by atoms with E-state index in [1.807, 2.05) is 5.57 Å². The van der Waals surface area contributed by atoms with Crippen molar-refractivity contribution in [2.45, 2.75) is 96.5 Å². The van der Waals surface area contributed by atoms with Crippen LogP contribution in [0, 0.1) is 46.8 Å². The number of allylic oxidation sites excluding steroid dienone is 4. The van der Waals surface area contributed by atoms with Crippen LogP contribution in [0.15, 0.2) is 23.3 Å². The molecule has 3 saturated carbocycles.